The fourth-order valence-electron chi connectivity index (χ4n) is 1.32. The number of hydrogen-bond acceptors (Lipinski definition) is 5. The Kier molecular flexibility index (Phi) is 5.02. The molecule has 1 unspecified atom stereocenters. The van der Waals surface area contributed by atoms with E-state index in [4.69, 9.17) is 5.11 Å². The summed E-state index contributed by atoms with van der Waals surface area (Å²) in [5.41, 5.74) is -0.147. The predicted octanol–water partition coefficient (Wildman–Crippen LogP) is 2.42. The van der Waals surface area contributed by atoms with E-state index < -0.39 is 10.9 Å². The van der Waals surface area contributed by atoms with Crippen LogP contribution in [0.1, 0.15) is 19.8 Å². The quantitative estimate of drug-likeness (QED) is 0.616. The van der Waals surface area contributed by atoms with E-state index in [9.17, 15) is 14.9 Å². The van der Waals surface area contributed by atoms with E-state index in [-0.39, 0.29) is 24.0 Å². The van der Waals surface area contributed by atoms with Gasteiger partial charge in [-0.2, -0.15) is 0 Å². The van der Waals surface area contributed by atoms with Crippen molar-refractivity contribution >= 4 is 33.4 Å². The van der Waals surface area contributed by atoms with E-state index in [2.05, 4.69) is 26.2 Å². The molecule has 1 atom stereocenters. The molecule has 0 aliphatic carbocycles. The lowest BCUT2D eigenvalue weighted by molar-refractivity contribution is -0.384. The molecule has 0 amide bonds. The van der Waals surface area contributed by atoms with Crippen molar-refractivity contribution in [2.24, 2.45) is 0 Å². The summed E-state index contributed by atoms with van der Waals surface area (Å²) >= 11 is 3.11. The summed E-state index contributed by atoms with van der Waals surface area (Å²) in [6.45, 7) is 1.75. The van der Waals surface area contributed by atoms with E-state index in [1.54, 1.807) is 6.92 Å². The van der Waals surface area contributed by atoms with E-state index in [1.165, 1.54) is 12.3 Å². The third-order valence-electron chi connectivity index (χ3n) is 2.21. The van der Waals surface area contributed by atoms with Gasteiger partial charge in [-0.1, -0.05) is 0 Å². The van der Waals surface area contributed by atoms with Crippen LogP contribution in [0.4, 0.5) is 11.5 Å². The molecule has 7 nitrogen and oxygen atoms in total. The van der Waals surface area contributed by atoms with Crippen LogP contribution in [-0.4, -0.2) is 27.0 Å². The summed E-state index contributed by atoms with van der Waals surface area (Å²) in [6, 6.07) is 1.13. The number of halogens is 1. The molecule has 0 bridgehead atoms. The second kappa shape index (κ2) is 6.29. The number of pyridine rings is 1. The number of rotatable bonds is 6. The Bertz CT molecular complexity index is 466. The molecular weight excluding hydrogens is 306 g/mol. The monoisotopic (exact) mass is 317 g/mol. The molecule has 98 valence electrons. The first-order valence-corrected chi connectivity index (χ1v) is 5.97. The minimum Gasteiger partial charge on any atom is -0.481 e. The van der Waals surface area contributed by atoms with Gasteiger partial charge in [0.05, 0.1) is 4.92 Å². The average molecular weight is 318 g/mol. The van der Waals surface area contributed by atoms with E-state index in [0.29, 0.717) is 10.9 Å². The molecule has 8 heteroatoms. The van der Waals surface area contributed by atoms with Gasteiger partial charge in [0, 0.05) is 29.2 Å². The van der Waals surface area contributed by atoms with Crippen molar-refractivity contribution in [1.82, 2.24) is 4.98 Å². The van der Waals surface area contributed by atoms with Crippen molar-refractivity contribution in [3.05, 3.63) is 26.9 Å². The molecule has 0 saturated heterocycles. The van der Waals surface area contributed by atoms with E-state index >= 15 is 0 Å². The van der Waals surface area contributed by atoms with Crippen LogP contribution in [-0.2, 0) is 4.79 Å². The fourth-order valence-corrected chi connectivity index (χ4v) is 1.64. The van der Waals surface area contributed by atoms with Crippen LogP contribution in [0.3, 0.4) is 0 Å². The molecule has 0 fully saturated rings. The van der Waals surface area contributed by atoms with Gasteiger partial charge >= 0.3 is 11.7 Å². The van der Waals surface area contributed by atoms with Crippen LogP contribution < -0.4 is 5.32 Å². The minimum absolute atomic E-state index is 0.00150. The molecule has 1 aromatic heterocycles. The average Bonchev–Trinajstić information content (AvgIpc) is 2.28. The highest BCUT2D eigenvalue weighted by atomic mass is 79.9. The van der Waals surface area contributed by atoms with Crippen molar-refractivity contribution in [1.29, 1.82) is 0 Å². The number of carboxylic acids is 1. The third-order valence-corrected chi connectivity index (χ3v) is 2.64. The van der Waals surface area contributed by atoms with Gasteiger partial charge in [-0.25, -0.2) is 4.98 Å². The molecule has 0 aliphatic rings. The third kappa shape index (κ3) is 4.28. The van der Waals surface area contributed by atoms with Crippen LogP contribution in [0, 0.1) is 10.1 Å². The van der Waals surface area contributed by atoms with Crippen molar-refractivity contribution in [2.75, 3.05) is 5.32 Å². The summed E-state index contributed by atoms with van der Waals surface area (Å²) in [5, 5.41) is 22.2. The standard InChI is InChI=1S/C10H12BrN3O4/c1-6(2-3-9(15)16)13-10-8(14(17)18)4-7(11)5-12-10/h4-6H,2-3H2,1H3,(H,12,13)(H,15,16). The van der Waals surface area contributed by atoms with Gasteiger partial charge < -0.3 is 10.4 Å². The normalized spacial score (nSPS) is 11.9. The second-order valence-corrected chi connectivity index (χ2v) is 4.67. The lowest BCUT2D eigenvalue weighted by Gasteiger charge is -2.13. The molecule has 0 spiro atoms. The minimum atomic E-state index is -0.901. The molecule has 1 heterocycles. The first-order chi connectivity index (χ1) is 8.40. The molecule has 18 heavy (non-hydrogen) atoms. The fraction of sp³-hybridized carbons (Fsp3) is 0.400. The molecule has 0 aliphatic heterocycles. The predicted molar refractivity (Wildman–Crippen MR) is 68.5 cm³/mol. The van der Waals surface area contributed by atoms with Crippen molar-refractivity contribution in [2.45, 2.75) is 25.8 Å². The lowest BCUT2D eigenvalue weighted by atomic mass is 10.2. The number of nitro groups is 1. The number of nitrogens with one attached hydrogen (secondary N) is 1. The van der Waals surface area contributed by atoms with Gasteiger partial charge in [0.1, 0.15) is 0 Å². The molecule has 1 rings (SSSR count). The summed E-state index contributed by atoms with van der Waals surface area (Å²) in [7, 11) is 0. The maximum Gasteiger partial charge on any atom is 0.312 e. The number of aromatic nitrogens is 1. The van der Waals surface area contributed by atoms with E-state index in [0.717, 1.165) is 0 Å². The summed E-state index contributed by atoms with van der Waals surface area (Å²) in [6.07, 6.45) is 1.81. The first-order valence-electron chi connectivity index (χ1n) is 5.18. The smallest absolute Gasteiger partial charge is 0.312 e. The molecule has 0 saturated carbocycles. The summed E-state index contributed by atoms with van der Waals surface area (Å²) in [4.78, 5) is 24.6. The Morgan fingerprint density at radius 2 is 2.39 bits per heavy atom. The van der Waals surface area contributed by atoms with Crippen LogP contribution >= 0.6 is 15.9 Å². The lowest BCUT2D eigenvalue weighted by Crippen LogP contribution is -2.18. The van der Waals surface area contributed by atoms with Gasteiger partial charge in [0.2, 0.25) is 5.82 Å². The van der Waals surface area contributed by atoms with Gasteiger partial charge in [-0.15, -0.1) is 0 Å². The Morgan fingerprint density at radius 3 is 2.94 bits per heavy atom. The maximum atomic E-state index is 10.8. The summed E-state index contributed by atoms with van der Waals surface area (Å²) in [5.74, 6) is -0.761. The van der Waals surface area contributed by atoms with Crippen LogP contribution in [0.2, 0.25) is 0 Å². The van der Waals surface area contributed by atoms with Crippen molar-refractivity contribution in [3.8, 4) is 0 Å². The number of nitrogens with zero attached hydrogens (tertiary/aromatic N) is 2. The zero-order valence-corrected chi connectivity index (χ0v) is 11.2. The Labute approximate surface area is 112 Å². The van der Waals surface area contributed by atoms with Gasteiger partial charge in [0.25, 0.3) is 0 Å². The highest BCUT2D eigenvalue weighted by molar-refractivity contribution is 9.10. The van der Waals surface area contributed by atoms with Crippen LogP contribution in [0.25, 0.3) is 0 Å². The van der Waals surface area contributed by atoms with Gasteiger partial charge in [-0.05, 0) is 29.3 Å². The molecule has 0 radical (unpaired) electrons. The van der Waals surface area contributed by atoms with Gasteiger partial charge in [0.15, 0.2) is 0 Å². The Hall–Kier alpha value is -1.70. The number of aliphatic carboxylic acids is 1. The van der Waals surface area contributed by atoms with Crippen LogP contribution in [0.5, 0.6) is 0 Å². The van der Waals surface area contributed by atoms with Crippen molar-refractivity contribution in [3.63, 3.8) is 0 Å². The zero-order chi connectivity index (χ0) is 13.7. The van der Waals surface area contributed by atoms with E-state index in [1.807, 2.05) is 0 Å². The Balaban J connectivity index is 2.77. The number of anilines is 1. The first kappa shape index (κ1) is 14.4. The molecule has 0 aromatic carbocycles. The second-order valence-electron chi connectivity index (χ2n) is 3.76. The van der Waals surface area contributed by atoms with Gasteiger partial charge in [-0.3, -0.25) is 14.9 Å². The SMILES string of the molecule is CC(CCC(=O)O)Nc1ncc(Br)cc1[N+](=O)[O-]. The molecular formula is C10H12BrN3O4. The maximum absolute atomic E-state index is 10.8. The zero-order valence-electron chi connectivity index (χ0n) is 9.59. The number of carboxylic acid groups (broad SMARTS) is 1. The topological polar surface area (TPSA) is 105 Å². The number of carbonyl (C=O) groups is 1. The Morgan fingerprint density at radius 1 is 1.72 bits per heavy atom. The van der Waals surface area contributed by atoms with Crippen LogP contribution in [0.15, 0.2) is 16.7 Å². The summed E-state index contributed by atoms with van der Waals surface area (Å²) < 4.78 is 0.512. The highest BCUT2D eigenvalue weighted by Gasteiger charge is 2.17. The molecule has 1 aromatic rings. The molecule has 2 N–H and O–H groups in total. The van der Waals surface area contributed by atoms with Crippen molar-refractivity contribution < 1.29 is 14.8 Å². The highest BCUT2D eigenvalue weighted by Crippen LogP contribution is 2.26. The number of hydrogen-bond donors (Lipinski definition) is 2. The largest absolute Gasteiger partial charge is 0.481 e.